The molecule has 1 N–H and O–H groups in total. The van der Waals surface area contributed by atoms with Gasteiger partial charge < -0.3 is 28.8 Å². The van der Waals surface area contributed by atoms with Crippen LogP contribution < -0.4 is 4.74 Å². The molecule has 5 atom stereocenters. The Morgan fingerprint density at radius 1 is 0.833 bits per heavy atom. The van der Waals surface area contributed by atoms with E-state index in [9.17, 15) is 15.2 Å². The van der Waals surface area contributed by atoms with E-state index in [0.29, 0.717) is 12.4 Å². The molecule has 3 aromatic carbocycles. The second-order valence-corrected chi connectivity index (χ2v) is 8.32. The lowest BCUT2D eigenvalue weighted by Crippen LogP contribution is -2.62. The molecular weight excluding hydrogens is 466 g/mol. The summed E-state index contributed by atoms with van der Waals surface area (Å²) in [6.07, 6.45) is -3.72. The Kier molecular flexibility index (Phi) is 8.99. The minimum Gasteiger partial charge on any atom is -0.462 e. The van der Waals surface area contributed by atoms with E-state index in [1.165, 1.54) is 24.3 Å². The number of aliphatic hydroxyl groups excluding tert-OH is 1. The predicted octanol–water partition coefficient (Wildman–Crippen LogP) is 3.88. The van der Waals surface area contributed by atoms with Gasteiger partial charge in [-0.15, -0.1) is 0 Å². The van der Waals surface area contributed by atoms with Crippen molar-refractivity contribution in [1.82, 2.24) is 0 Å². The van der Waals surface area contributed by atoms with Gasteiger partial charge in [0.2, 0.25) is 6.29 Å². The highest BCUT2D eigenvalue weighted by atomic mass is 16.7. The summed E-state index contributed by atoms with van der Waals surface area (Å²) >= 11 is 0. The van der Waals surface area contributed by atoms with E-state index < -0.39 is 35.6 Å². The smallest absolute Gasteiger partial charge is 0.269 e. The molecule has 0 bridgehead atoms. The molecule has 0 unspecified atom stereocenters. The van der Waals surface area contributed by atoms with Gasteiger partial charge in [0.25, 0.3) is 5.69 Å². The molecule has 0 spiro atoms. The molecule has 1 fully saturated rings. The number of methoxy groups -OCH3 is 1. The number of hydrogen-bond acceptors (Lipinski definition) is 8. The average Bonchev–Trinajstić information content (AvgIpc) is 2.92. The standard InChI is InChI=1S/C27H29NO8/c1-32-25-24(33-17-19-8-4-2-5-9-19)23(16-29)36-27(26(25)34-18-20-10-6-3-7-11-20)35-22-14-12-21(13-15-22)28(30)31/h2-15,23-27,29H,16-18H2,1H3/t23-,24+,25+,26-,27-/m1/s1. The van der Waals surface area contributed by atoms with E-state index in [0.717, 1.165) is 11.1 Å². The lowest BCUT2D eigenvalue weighted by Gasteiger charge is -2.44. The Balaban J connectivity index is 1.56. The molecule has 1 saturated heterocycles. The zero-order valence-corrected chi connectivity index (χ0v) is 19.8. The van der Waals surface area contributed by atoms with Crippen LogP contribution in [0, 0.1) is 10.1 Å². The molecule has 0 aromatic heterocycles. The van der Waals surface area contributed by atoms with E-state index in [2.05, 4.69) is 0 Å². The number of benzene rings is 3. The molecule has 9 heteroatoms. The van der Waals surface area contributed by atoms with Gasteiger partial charge in [-0.25, -0.2) is 0 Å². The van der Waals surface area contributed by atoms with Gasteiger partial charge in [0.1, 0.15) is 30.2 Å². The van der Waals surface area contributed by atoms with Crippen LogP contribution in [0.1, 0.15) is 11.1 Å². The Bertz CT molecular complexity index is 1080. The van der Waals surface area contributed by atoms with Crippen molar-refractivity contribution in [2.75, 3.05) is 13.7 Å². The van der Waals surface area contributed by atoms with Crippen LogP contribution in [0.5, 0.6) is 5.75 Å². The SMILES string of the molecule is CO[C@H]1[C@@H](OCc2ccccc2)[C@@H](CO)O[C@@H](Oc2ccc([N+](=O)[O-])cc2)[C@@H]1OCc1ccccc1. The molecule has 0 aliphatic carbocycles. The number of non-ortho nitro benzene ring substituents is 1. The first-order valence-corrected chi connectivity index (χ1v) is 11.6. The van der Waals surface area contributed by atoms with Crippen molar-refractivity contribution in [1.29, 1.82) is 0 Å². The van der Waals surface area contributed by atoms with Gasteiger partial charge in [-0.05, 0) is 23.3 Å². The Morgan fingerprint density at radius 2 is 1.39 bits per heavy atom. The minimum atomic E-state index is -0.964. The summed E-state index contributed by atoms with van der Waals surface area (Å²) in [5.74, 6) is 0.356. The van der Waals surface area contributed by atoms with Crippen molar-refractivity contribution >= 4 is 5.69 Å². The zero-order valence-electron chi connectivity index (χ0n) is 19.8. The first-order chi connectivity index (χ1) is 17.6. The normalized spacial score (nSPS) is 23.8. The van der Waals surface area contributed by atoms with Gasteiger partial charge in [-0.2, -0.15) is 0 Å². The first-order valence-electron chi connectivity index (χ1n) is 11.6. The number of nitrogens with zero attached hydrogens (tertiary/aromatic N) is 1. The molecule has 0 amide bonds. The van der Waals surface area contributed by atoms with E-state index >= 15 is 0 Å². The molecule has 1 aliphatic heterocycles. The van der Waals surface area contributed by atoms with Gasteiger partial charge in [0, 0.05) is 19.2 Å². The number of nitro benzene ring substituents is 1. The van der Waals surface area contributed by atoms with Crippen molar-refractivity contribution in [3.63, 3.8) is 0 Å². The van der Waals surface area contributed by atoms with Crippen LogP contribution in [-0.2, 0) is 32.2 Å². The van der Waals surface area contributed by atoms with Crippen LogP contribution in [0.3, 0.4) is 0 Å². The van der Waals surface area contributed by atoms with E-state index in [-0.39, 0.29) is 18.9 Å². The highest BCUT2D eigenvalue weighted by molar-refractivity contribution is 5.36. The van der Waals surface area contributed by atoms with Crippen molar-refractivity contribution in [3.05, 3.63) is 106 Å². The van der Waals surface area contributed by atoms with Crippen molar-refractivity contribution in [2.24, 2.45) is 0 Å². The lowest BCUT2D eigenvalue weighted by atomic mass is 9.98. The number of nitro groups is 1. The largest absolute Gasteiger partial charge is 0.462 e. The molecular formula is C27H29NO8. The summed E-state index contributed by atoms with van der Waals surface area (Å²) in [5, 5.41) is 21.1. The van der Waals surface area contributed by atoms with Gasteiger partial charge in [0.15, 0.2) is 0 Å². The predicted molar refractivity (Wildman–Crippen MR) is 130 cm³/mol. The van der Waals surface area contributed by atoms with Crippen molar-refractivity contribution in [2.45, 2.75) is 43.9 Å². The number of rotatable bonds is 11. The maximum Gasteiger partial charge on any atom is 0.269 e. The number of ether oxygens (including phenoxy) is 5. The van der Waals surface area contributed by atoms with Crippen LogP contribution in [0.15, 0.2) is 84.9 Å². The summed E-state index contributed by atoms with van der Waals surface area (Å²) in [4.78, 5) is 10.5. The van der Waals surface area contributed by atoms with Crippen LogP contribution in [0.4, 0.5) is 5.69 Å². The summed E-state index contributed by atoms with van der Waals surface area (Å²) in [6, 6.07) is 25.0. The topological polar surface area (TPSA) is 110 Å². The third-order valence-corrected chi connectivity index (χ3v) is 5.91. The van der Waals surface area contributed by atoms with Gasteiger partial charge in [-0.1, -0.05) is 60.7 Å². The van der Waals surface area contributed by atoms with E-state index in [4.69, 9.17) is 23.7 Å². The van der Waals surface area contributed by atoms with Crippen LogP contribution >= 0.6 is 0 Å². The first kappa shape index (κ1) is 25.7. The Morgan fingerprint density at radius 3 is 1.89 bits per heavy atom. The summed E-state index contributed by atoms with van der Waals surface area (Å²) in [6.45, 7) is 0.236. The number of hydrogen-bond donors (Lipinski definition) is 1. The van der Waals surface area contributed by atoms with E-state index in [1.807, 2.05) is 60.7 Å². The zero-order chi connectivity index (χ0) is 25.3. The quantitative estimate of drug-likeness (QED) is 0.315. The fourth-order valence-electron chi connectivity index (χ4n) is 4.08. The van der Waals surface area contributed by atoms with Gasteiger partial charge >= 0.3 is 0 Å². The van der Waals surface area contributed by atoms with Crippen molar-refractivity contribution in [3.8, 4) is 5.75 Å². The second kappa shape index (κ2) is 12.6. The Hall–Kier alpha value is -3.34. The van der Waals surface area contributed by atoms with Crippen LogP contribution in [-0.4, -0.2) is 54.5 Å². The van der Waals surface area contributed by atoms with E-state index in [1.54, 1.807) is 7.11 Å². The fourth-order valence-corrected chi connectivity index (χ4v) is 4.08. The maximum atomic E-state index is 11.0. The molecule has 36 heavy (non-hydrogen) atoms. The molecule has 1 aliphatic rings. The molecule has 4 rings (SSSR count). The highest BCUT2D eigenvalue weighted by Gasteiger charge is 2.49. The lowest BCUT2D eigenvalue weighted by molar-refractivity contribution is -0.384. The Labute approximate surface area is 209 Å². The fraction of sp³-hybridized carbons (Fsp3) is 0.333. The van der Waals surface area contributed by atoms with Crippen molar-refractivity contribution < 1.29 is 33.7 Å². The third-order valence-electron chi connectivity index (χ3n) is 5.91. The minimum absolute atomic E-state index is 0.0545. The third kappa shape index (κ3) is 6.45. The molecule has 190 valence electrons. The average molecular weight is 496 g/mol. The highest BCUT2D eigenvalue weighted by Crippen LogP contribution is 2.31. The monoisotopic (exact) mass is 495 g/mol. The van der Waals surface area contributed by atoms with Crippen LogP contribution in [0.25, 0.3) is 0 Å². The maximum absolute atomic E-state index is 11.0. The van der Waals surface area contributed by atoms with Crippen LogP contribution in [0.2, 0.25) is 0 Å². The van der Waals surface area contributed by atoms with Gasteiger partial charge in [0.05, 0.1) is 24.7 Å². The molecule has 9 nitrogen and oxygen atoms in total. The summed E-state index contributed by atoms with van der Waals surface area (Å²) < 4.78 is 30.4. The molecule has 0 saturated carbocycles. The number of aliphatic hydroxyl groups is 1. The molecule has 3 aromatic rings. The summed E-state index contributed by atoms with van der Waals surface area (Å²) in [5.41, 5.74) is 1.86. The molecule has 0 radical (unpaired) electrons. The molecule has 1 heterocycles. The second-order valence-electron chi connectivity index (χ2n) is 8.32. The summed E-state index contributed by atoms with van der Waals surface area (Å²) in [7, 11) is 1.55. The van der Waals surface area contributed by atoms with Gasteiger partial charge in [-0.3, -0.25) is 10.1 Å².